The number of hydrogen-bond acceptors (Lipinski definition) is 4. The second kappa shape index (κ2) is 12.8. The third-order valence-corrected chi connectivity index (χ3v) is 13.6. The number of aromatic amines is 1. The Labute approximate surface area is 315 Å². The van der Waals surface area contributed by atoms with Crippen molar-refractivity contribution in [2.75, 3.05) is 0 Å². The standard InChI is InChI=1S/C22H22Cl2F3NO3SSi.C12H8Cl2F3NO/c1-13-5-7-14(8-6-13)32(29,30)28-17-10-9-16(23)19(24)18(17)15-11-12-21(20(15)28,22(25,26)27)31-33(2,3)4;13-6-1-2-7-8(9(6)14)5-3-4-11(19,10(5)18-7)12(15,16)17/h5-10H,11-12H2,1-4H3;1-2,18-19H,3-4H2. The summed E-state index contributed by atoms with van der Waals surface area (Å²) in [6.45, 7) is 6.72. The number of aliphatic hydroxyl groups is 1. The van der Waals surface area contributed by atoms with Crippen molar-refractivity contribution in [3.05, 3.63) is 96.7 Å². The first-order chi connectivity index (χ1) is 23.9. The molecular formula is C34H30Cl4F6N2O4SSi. The molecule has 2 atom stereocenters. The van der Waals surface area contributed by atoms with Gasteiger partial charge in [0, 0.05) is 16.3 Å². The first-order valence-corrected chi connectivity index (χ1v) is 22.1. The molecule has 0 bridgehead atoms. The molecule has 3 aromatic carbocycles. The van der Waals surface area contributed by atoms with Crippen LogP contribution in [0.1, 0.15) is 40.9 Å². The Kier molecular flexibility index (Phi) is 9.68. The Bertz CT molecular complexity index is 2350. The van der Waals surface area contributed by atoms with Gasteiger partial charge in [-0.15, -0.1) is 0 Å². The second-order valence-corrected chi connectivity index (χ2v) is 21.6. The van der Waals surface area contributed by atoms with Gasteiger partial charge in [-0.2, -0.15) is 26.3 Å². The van der Waals surface area contributed by atoms with Gasteiger partial charge in [0.1, 0.15) is 0 Å². The van der Waals surface area contributed by atoms with Crippen LogP contribution in [0.4, 0.5) is 26.3 Å². The number of fused-ring (bicyclic) bond motifs is 6. The minimum Gasteiger partial charge on any atom is -0.399 e. The molecule has 0 saturated heterocycles. The summed E-state index contributed by atoms with van der Waals surface area (Å²) >= 11 is 24.5. The van der Waals surface area contributed by atoms with Gasteiger partial charge in [0.05, 0.1) is 41.9 Å². The molecule has 6 nitrogen and oxygen atoms in total. The van der Waals surface area contributed by atoms with Gasteiger partial charge in [-0.1, -0.05) is 64.1 Å². The molecule has 0 fully saturated rings. The first-order valence-electron chi connectivity index (χ1n) is 15.7. The van der Waals surface area contributed by atoms with Crippen LogP contribution < -0.4 is 0 Å². The maximum atomic E-state index is 14.8. The third-order valence-electron chi connectivity index (χ3n) is 9.27. The number of alkyl halides is 6. The van der Waals surface area contributed by atoms with Crippen LogP contribution in [-0.2, 0) is 38.5 Å². The van der Waals surface area contributed by atoms with Gasteiger partial charge in [-0.25, -0.2) is 12.4 Å². The van der Waals surface area contributed by atoms with Crippen LogP contribution in [0.15, 0.2) is 53.4 Å². The highest BCUT2D eigenvalue weighted by atomic mass is 35.5. The van der Waals surface area contributed by atoms with Crippen molar-refractivity contribution >= 4 is 86.6 Å². The molecule has 0 aliphatic heterocycles. The fourth-order valence-electron chi connectivity index (χ4n) is 7.05. The highest BCUT2D eigenvalue weighted by Gasteiger charge is 2.64. The van der Waals surface area contributed by atoms with Gasteiger partial charge in [-0.05, 0) is 99.8 Å². The lowest BCUT2D eigenvalue weighted by Crippen LogP contribution is -2.50. The van der Waals surface area contributed by atoms with Crippen LogP contribution in [0.25, 0.3) is 21.8 Å². The summed E-state index contributed by atoms with van der Waals surface area (Å²) in [6.07, 6.45) is -10.4. The maximum Gasteiger partial charge on any atom is 0.422 e. The van der Waals surface area contributed by atoms with Crippen LogP contribution in [0.2, 0.25) is 39.7 Å². The van der Waals surface area contributed by atoms with Crippen molar-refractivity contribution in [1.82, 2.24) is 8.96 Å². The Morgan fingerprint density at radius 1 is 0.808 bits per heavy atom. The molecule has 0 radical (unpaired) electrons. The minimum absolute atomic E-state index is 0.0225. The predicted molar refractivity (Wildman–Crippen MR) is 193 cm³/mol. The van der Waals surface area contributed by atoms with E-state index < -0.39 is 60.4 Å². The van der Waals surface area contributed by atoms with Gasteiger partial charge in [-0.3, -0.25) is 0 Å². The molecule has 0 saturated carbocycles. The normalized spacial score (nSPS) is 20.7. The highest BCUT2D eigenvalue weighted by molar-refractivity contribution is 7.90. The van der Waals surface area contributed by atoms with Crippen molar-refractivity contribution in [3.63, 3.8) is 0 Å². The average Bonchev–Trinajstić information content (AvgIpc) is 3.76. The zero-order valence-electron chi connectivity index (χ0n) is 27.8. The van der Waals surface area contributed by atoms with E-state index in [1.54, 1.807) is 44.8 Å². The molecule has 2 aromatic heterocycles. The lowest BCUT2D eigenvalue weighted by atomic mass is 10.0. The lowest BCUT2D eigenvalue weighted by molar-refractivity contribution is -0.266. The fourth-order valence-corrected chi connectivity index (χ4v) is 10.9. The van der Waals surface area contributed by atoms with Crippen LogP contribution in [0, 0.1) is 6.92 Å². The molecule has 280 valence electrons. The van der Waals surface area contributed by atoms with E-state index in [0.717, 1.165) is 9.54 Å². The Hall–Kier alpha value is -2.43. The molecule has 0 amide bonds. The zero-order valence-corrected chi connectivity index (χ0v) is 32.6. The summed E-state index contributed by atoms with van der Waals surface area (Å²) < 4.78 is 118. The van der Waals surface area contributed by atoms with Crippen molar-refractivity contribution in [1.29, 1.82) is 0 Å². The molecule has 5 aromatic rings. The maximum absolute atomic E-state index is 14.8. The SMILES string of the molecule is Cc1ccc(S(=O)(=O)n2c3c(c4c(Cl)c(Cl)ccc42)CCC3(O[Si](C)(C)C)C(F)(F)F)cc1.OC1(C(F)(F)F)CCc2c1[nH]c1ccc(Cl)c(Cl)c21. The quantitative estimate of drug-likeness (QED) is 0.139. The van der Waals surface area contributed by atoms with Gasteiger partial charge >= 0.3 is 12.4 Å². The summed E-state index contributed by atoms with van der Waals surface area (Å²) in [5.74, 6) is 0. The van der Waals surface area contributed by atoms with Gasteiger partial charge < -0.3 is 14.5 Å². The summed E-state index contributed by atoms with van der Waals surface area (Å²) in [5.41, 5.74) is -4.37. The van der Waals surface area contributed by atoms with Crippen LogP contribution >= 0.6 is 46.4 Å². The number of nitrogens with one attached hydrogen (secondary N) is 1. The van der Waals surface area contributed by atoms with Crippen LogP contribution in [0.5, 0.6) is 0 Å². The van der Waals surface area contributed by atoms with E-state index in [4.69, 9.17) is 50.8 Å². The number of benzene rings is 3. The molecule has 0 spiro atoms. The molecular weight excluding hydrogens is 816 g/mol. The van der Waals surface area contributed by atoms with Crippen molar-refractivity contribution in [3.8, 4) is 0 Å². The van der Waals surface area contributed by atoms with Gasteiger partial charge in [0.25, 0.3) is 10.0 Å². The molecule has 52 heavy (non-hydrogen) atoms. The highest BCUT2D eigenvalue weighted by Crippen LogP contribution is 2.57. The van der Waals surface area contributed by atoms with Crippen molar-refractivity contribution < 1.29 is 44.3 Å². The average molecular weight is 847 g/mol. The number of aryl methyl sites for hydroxylation is 3. The molecule has 2 aliphatic carbocycles. The van der Waals surface area contributed by atoms with Gasteiger partial charge in [0.2, 0.25) is 5.60 Å². The largest absolute Gasteiger partial charge is 0.422 e. The lowest BCUT2D eigenvalue weighted by Gasteiger charge is -2.38. The Morgan fingerprint density at radius 3 is 1.92 bits per heavy atom. The molecule has 7 rings (SSSR count). The Morgan fingerprint density at radius 2 is 1.37 bits per heavy atom. The summed E-state index contributed by atoms with van der Waals surface area (Å²) in [6, 6.07) is 11.8. The van der Waals surface area contributed by atoms with Gasteiger partial charge in [0.15, 0.2) is 13.9 Å². The molecule has 2 heterocycles. The summed E-state index contributed by atoms with van der Waals surface area (Å²) in [4.78, 5) is 2.50. The monoisotopic (exact) mass is 844 g/mol. The first kappa shape index (κ1) is 39.3. The number of rotatable bonds is 4. The van der Waals surface area contributed by atoms with E-state index in [9.17, 15) is 39.9 Å². The van der Waals surface area contributed by atoms with E-state index in [1.165, 1.54) is 30.3 Å². The van der Waals surface area contributed by atoms with Crippen molar-refractivity contribution in [2.24, 2.45) is 0 Å². The molecule has 2 aliphatic rings. The molecule has 2 N–H and O–H groups in total. The van der Waals surface area contributed by atoms with Crippen LogP contribution in [0.3, 0.4) is 0 Å². The Balaban J connectivity index is 0.000000206. The molecule has 2 unspecified atom stereocenters. The number of hydrogen-bond donors (Lipinski definition) is 2. The number of H-pyrrole nitrogens is 1. The number of nitrogens with zero attached hydrogens (tertiary/aromatic N) is 1. The van der Waals surface area contributed by atoms with E-state index >= 15 is 0 Å². The van der Waals surface area contributed by atoms with E-state index in [2.05, 4.69) is 4.98 Å². The number of aromatic nitrogens is 2. The van der Waals surface area contributed by atoms with Crippen LogP contribution in [-0.4, -0.2) is 43.2 Å². The van der Waals surface area contributed by atoms with Crippen molar-refractivity contribution in [2.45, 2.75) is 80.7 Å². The van der Waals surface area contributed by atoms with E-state index in [-0.39, 0.29) is 60.0 Å². The smallest absolute Gasteiger partial charge is 0.399 e. The minimum atomic E-state index is -4.86. The topological polar surface area (TPSA) is 84.3 Å². The number of halogens is 10. The summed E-state index contributed by atoms with van der Waals surface area (Å²) in [7, 11) is -7.23. The summed E-state index contributed by atoms with van der Waals surface area (Å²) in [5, 5.41) is 11.2. The zero-order chi connectivity index (χ0) is 38.6. The third kappa shape index (κ3) is 6.14. The molecule has 18 heteroatoms. The van der Waals surface area contributed by atoms with E-state index in [0.29, 0.717) is 16.5 Å². The predicted octanol–water partition coefficient (Wildman–Crippen LogP) is 11.2. The second-order valence-electron chi connectivity index (χ2n) is 13.8. The fraction of sp³-hybridized carbons (Fsp3) is 0.353. The van der Waals surface area contributed by atoms with E-state index in [1.807, 2.05) is 0 Å².